The highest BCUT2D eigenvalue weighted by molar-refractivity contribution is 5.61. The van der Waals surface area contributed by atoms with E-state index in [1.807, 2.05) is 10.9 Å². The number of nitrogens with zero attached hydrogens (tertiary/aromatic N) is 2. The molecule has 1 fully saturated rings. The molecule has 2 aromatic rings. The normalized spacial score (nSPS) is 18.9. The Morgan fingerprint density at radius 2 is 2.16 bits per heavy atom. The van der Waals surface area contributed by atoms with Gasteiger partial charge in [-0.2, -0.15) is 5.10 Å². The lowest BCUT2D eigenvalue weighted by molar-refractivity contribution is 0.476. The highest BCUT2D eigenvalue weighted by Gasteiger charge is 2.15. The molecule has 2 heterocycles. The summed E-state index contributed by atoms with van der Waals surface area (Å²) in [6.07, 6.45) is 5.90. The maximum absolute atomic E-state index is 13.2. The third-order valence-electron chi connectivity index (χ3n) is 3.46. The van der Waals surface area contributed by atoms with E-state index in [2.05, 4.69) is 10.4 Å². The van der Waals surface area contributed by atoms with Gasteiger partial charge in [0.25, 0.3) is 0 Å². The summed E-state index contributed by atoms with van der Waals surface area (Å²) < 4.78 is 27.9. The summed E-state index contributed by atoms with van der Waals surface area (Å²) in [6.45, 7) is 1.87. The number of hydrogen-bond acceptors (Lipinski definition) is 2. The summed E-state index contributed by atoms with van der Waals surface area (Å²) >= 11 is 0. The third-order valence-corrected chi connectivity index (χ3v) is 3.46. The van der Waals surface area contributed by atoms with E-state index in [9.17, 15) is 8.78 Å². The van der Waals surface area contributed by atoms with Gasteiger partial charge in [0, 0.05) is 17.8 Å². The highest BCUT2D eigenvalue weighted by Crippen LogP contribution is 2.21. The molecule has 0 spiro atoms. The molecule has 3 nitrogen and oxygen atoms in total. The smallest absolute Gasteiger partial charge is 0.159 e. The largest absolute Gasteiger partial charge is 0.312 e. The second kappa shape index (κ2) is 5.09. The Morgan fingerprint density at radius 1 is 1.26 bits per heavy atom. The van der Waals surface area contributed by atoms with Crippen molar-refractivity contribution in [3.63, 3.8) is 0 Å². The fourth-order valence-corrected chi connectivity index (χ4v) is 2.43. The minimum Gasteiger partial charge on any atom is -0.312 e. The number of halogens is 2. The van der Waals surface area contributed by atoms with Crippen molar-refractivity contribution in [1.82, 2.24) is 15.1 Å². The predicted molar refractivity (Wildman–Crippen MR) is 68.6 cm³/mol. The van der Waals surface area contributed by atoms with Gasteiger partial charge in [0.15, 0.2) is 11.6 Å². The van der Waals surface area contributed by atoms with Gasteiger partial charge < -0.3 is 5.32 Å². The zero-order chi connectivity index (χ0) is 13.2. The predicted octanol–water partition coefficient (Wildman–Crippen LogP) is 2.58. The average molecular weight is 263 g/mol. The van der Waals surface area contributed by atoms with E-state index in [0.717, 1.165) is 31.1 Å². The van der Waals surface area contributed by atoms with Crippen LogP contribution < -0.4 is 5.32 Å². The molecule has 3 rings (SSSR count). The Balaban J connectivity index is 1.78. The molecular weight excluding hydrogens is 248 g/mol. The lowest BCUT2D eigenvalue weighted by atomic mass is 10.1. The van der Waals surface area contributed by atoms with Crippen molar-refractivity contribution < 1.29 is 8.78 Å². The highest BCUT2D eigenvalue weighted by atomic mass is 19.2. The zero-order valence-corrected chi connectivity index (χ0v) is 10.4. The van der Waals surface area contributed by atoms with Crippen molar-refractivity contribution in [2.24, 2.45) is 0 Å². The first-order valence-corrected chi connectivity index (χ1v) is 6.43. The third kappa shape index (κ3) is 2.66. The van der Waals surface area contributed by atoms with Crippen molar-refractivity contribution in [1.29, 1.82) is 0 Å². The van der Waals surface area contributed by atoms with Crippen LogP contribution in [0.1, 0.15) is 12.8 Å². The zero-order valence-electron chi connectivity index (χ0n) is 10.4. The van der Waals surface area contributed by atoms with Crippen LogP contribution >= 0.6 is 0 Å². The maximum atomic E-state index is 13.2. The molecule has 1 saturated heterocycles. The van der Waals surface area contributed by atoms with Crippen LogP contribution in [0.5, 0.6) is 0 Å². The van der Waals surface area contributed by atoms with Crippen LogP contribution in [-0.4, -0.2) is 22.4 Å². The van der Waals surface area contributed by atoms with Gasteiger partial charge in [-0.1, -0.05) is 6.07 Å². The van der Waals surface area contributed by atoms with Crippen LogP contribution in [0.4, 0.5) is 8.78 Å². The summed E-state index contributed by atoms with van der Waals surface area (Å²) in [6, 6.07) is 4.36. The molecule has 1 unspecified atom stereocenters. The summed E-state index contributed by atoms with van der Waals surface area (Å²) in [5, 5.41) is 7.67. The average Bonchev–Trinajstić information content (AvgIpc) is 3.05. The fourth-order valence-electron chi connectivity index (χ4n) is 2.43. The molecular formula is C14H15F2N3. The second-order valence-corrected chi connectivity index (χ2v) is 4.87. The van der Waals surface area contributed by atoms with Gasteiger partial charge in [0.2, 0.25) is 0 Å². The molecule has 1 aromatic carbocycles. The van der Waals surface area contributed by atoms with E-state index < -0.39 is 11.6 Å². The van der Waals surface area contributed by atoms with Crippen molar-refractivity contribution in [2.45, 2.75) is 25.4 Å². The minimum absolute atomic E-state index is 0.456. The van der Waals surface area contributed by atoms with Crippen molar-refractivity contribution in [3.05, 3.63) is 42.2 Å². The van der Waals surface area contributed by atoms with Gasteiger partial charge in [-0.3, -0.25) is 4.68 Å². The first-order valence-electron chi connectivity index (χ1n) is 6.43. The van der Waals surface area contributed by atoms with Crippen LogP contribution in [0.15, 0.2) is 30.6 Å². The van der Waals surface area contributed by atoms with Crippen molar-refractivity contribution in [3.8, 4) is 11.1 Å². The number of hydrogen-bond donors (Lipinski definition) is 1. The van der Waals surface area contributed by atoms with E-state index in [0.29, 0.717) is 11.6 Å². The second-order valence-electron chi connectivity index (χ2n) is 4.87. The molecule has 1 atom stereocenters. The van der Waals surface area contributed by atoms with Gasteiger partial charge in [-0.25, -0.2) is 8.78 Å². The number of rotatable bonds is 3. The van der Waals surface area contributed by atoms with E-state index in [1.54, 1.807) is 12.3 Å². The molecule has 0 bridgehead atoms. The lowest BCUT2D eigenvalue weighted by Crippen LogP contribution is -2.26. The summed E-state index contributed by atoms with van der Waals surface area (Å²) in [7, 11) is 0. The quantitative estimate of drug-likeness (QED) is 0.922. The van der Waals surface area contributed by atoms with E-state index in [4.69, 9.17) is 0 Å². The first-order chi connectivity index (χ1) is 9.22. The van der Waals surface area contributed by atoms with Gasteiger partial charge in [-0.15, -0.1) is 0 Å². The molecule has 0 aliphatic carbocycles. The Labute approximate surface area is 110 Å². The van der Waals surface area contributed by atoms with Crippen LogP contribution in [0.25, 0.3) is 11.1 Å². The van der Waals surface area contributed by atoms with Gasteiger partial charge in [0.1, 0.15) is 0 Å². The summed E-state index contributed by atoms with van der Waals surface area (Å²) in [4.78, 5) is 0. The van der Waals surface area contributed by atoms with Gasteiger partial charge in [0.05, 0.1) is 12.7 Å². The Bertz CT molecular complexity index is 574. The van der Waals surface area contributed by atoms with Crippen LogP contribution in [0.2, 0.25) is 0 Å². The molecule has 0 amide bonds. The minimum atomic E-state index is -0.831. The summed E-state index contributed by atoms with van der Waals surface area (Å²) in [5.74, 6) is -1.66. The maximum Gasteiger partial charge on any atom is 0.159 e. The van der Waals surface area contributed by atoms with E-state index >= 15 is 0 Å². The monoisotopic (exact) mass is 263 g/mol. The fraction of sp³-hybridized carbons (Fsp3) is 0.357. The van der Waals surface area contributed by atoms with Crippen molar-refractivity contribution >= 4 is 0 Å². The number of benzene rings is 1. The van der Waals surface area contributed by atoms with Gasteiger partial charge >= 0.3 is 0 Å². The lowest BCUT2D eigenvalue weighted by Gasteiger charge is -2.09. The molecule has 5 heteroatoms. The Kier molecular flexibility index (Phi) is 3.29. The number of nitrogens with one attached hydrogen (secondary N) is 1. The molecule has 0 radical (unpaired) electrons. The molecule has 1 N–H and O–H groups in total. The number of aromatic nitrogens is 2. The molecule has 1 aliphatic rings. The first kappa shape index (κ1) is 12.3. The van der Waals surface area contributed by atoms with Crippen LogP contribution in [0, 0.1) is 11.6 Å². The SMILES string of the molecule is Fc1ccc(-c2cnn(CC3CCCN3)c2)cc1F. The van der Waals surface area contributed by atoms with Crippen LogP contribution in [0.3, 0.4) is 0 Å². The summed E-state index contributed by atoms with van der Waals surface area (Å²) in [5.41, 5.74) is 1.45. The van der Waals surface area contributed by atoms with E-state index in [-0.39, 0.29) is 0 Å². The van der Waals surface area contributed by atoms with Crippen LogP contribution in [-0.2, 0) is 6.54 Å². The van der Waals surface area contributed by atoms with Gasteiger partial charge in [-0.05, 0) is 37.1 Å². The topological polar surface area (TPSA) is 29.9 Å². The molecule has 100 valence electrons. The molecule has 1 aliphatic heterocycles. The Morgan fingerprint density at radius 3 is 2.89 bits per heavy atom. The molecule has 0 saturated carbocycles. The standard InChI is InChI=1S/C14H15F2N3/c15-13-4-3-10(6-14(13)16)11-7-18-19(8-11)9-12-2-1-5-17-12/h3-4,6-8,12,17H,1-2,5,9H2. The molecule has 19 heavy (non-hydrogen) atoms. The molecule has 1 aromatic heterocycles. The Hall–Kier alpha value is -1.75. The van der Waals surface area contributed by atoms with Crippen molar-refractivity contribution in [2.75, 3.05) is 6.54 Å². The van der Waals surface area contributed by atoms with E-state index in [1.165, 1.54) is 12.5 Å².